The first-order valence-corrected chi connectivity index (χ1v) is 12.3. The Morgan fingerprint density at radius 3 is 1.81 bits per heavy atom. The van der Waals surface area contributed by atoms with Gasteiger partial charge < -0.3 is 5.32 Å². The molecule has 0 saturated heterocycles. The first-order chi connectivity index (χ1) is 16.3. The molecule has 0 fully saturated rings. The highest BCUT2D eigenvalue weighted by molar-refractivity contribution is 7.97. The second-order valence-electron chi connectivity index (χ2n) is 8.85. The second kappa shape index (κ2) is 9.46. The molecular weight excluding hydrogens is 557 g/mol. The normalized spacial score (nSPS) is 16.8. The van der Waals surface area contributed by atoms with Gasteiger partial charge in [-0.05, 0) is 48.2 Å². The maximum Gasteiger partial charge on any atom is 0.418 e. The first kappa shape index (κ1) is 28.1. The van der Waals surface area contributed by atoms with E-state index >= 15 is 0 Å². The summed E-state index contributed by atoms with van der Waals surface area (Å²) < 4.78 is 109. The maximum atomic E-state index is 13.6. The summed E-state index contributed by atoms with van der Waals surface area (Å²) in [6.07, 6.45) is -10.4. The van der Waals surface area contributed by atoms with Gasteiger partial charge in [0.15, 0.2) is 5.78 Å². The molecule has 0 radical (unpaired) electrons. The summed E-state index contributed by atoms with van der Waals surface area (Å²) in [4.78, 5) is 12.0. The van der Waals surface area contributed by atoms with Crippen LogP contribution < -0.4 is 10.0 Å². The number of hydrogen-bond donors (Lipinski definition) is 2. The van der Waals surface area contributed by atoms with Gasteiger partial charge >= 0.3 is 12.4 Å². The summed E-state index contributed by atoms with van der Waals surface area (Å²) in [6, 6.07) is 5.00. The highest BCUT2D eigenvalue weighted by Gasteiger charge is 2.42. The number of ketones is 1. The van der Waals surface area contributed by atoms with Crippen LogP contribution in [0.2, 0.25) is 10.0 Å². The first-order valence-electron chi connectivity index (χ1n) is 10.1. The molecule has 2 N–H and O–H groups in total. The van der Waals surface area contributed by atoms with Crippen LogP contribution in [0.1, 0.15) is 37.8 Å². The van der Waals surface area contributed by atoms with Crippen LogP contribution in [0.5, 0.6) is 0 Å². The summed E-state index contributed by atoms with van der Waals surface area (Å²) >= 11 is 11.3. The molecule has 0 bridgehead atoms. The molecule has 1 aliphatic rings. The van der Waals surface area contributed by atoms with E-state index in [1.807, 2.05) is 0 Å². The summed E-state index contributed by atoms with van der Waals surface area (Å²) in [5.41, 5.74) is -5.38. The van der Waals surface area contributed by atoms with E-state index in [1.54, 1.807) is 18.6 Å². The Bertz CT molecular complexity index is 1350. The highest BCUT2D eigenvalue weighted by atomic mass is 35.5. The molecule has 0 unspecified atom stereocenters. The number of nitrogens with one attached hydrogen (secondary N) is 2. The van der Waals surface area contributed by atoms with Crippen LogP contribution in [0, 0.1) is 5.41 Å². The van der Waals surface area contributed by atoms with Crippen molar-refractivity contribution in [1.82, 2.24) is 0 Å². The van der Waals surface area contributed by atoms with E-state index in [0.717, 1.165) is 24.3 Å². The van der Waals surface area contributed by atoms with Crippen LogP contribution in [-0.2, 0) is 27.2 Å². The molecule has 0 aliphatic heterocycles. The van der Waals surface area contributed by atoms with Crippen molar-refractivity contribution in [1.29, 1.82) is 0 Å². The highest BCUT2D eigenvalue weighted by Crippen LogP contribution is 2.43. The zero-order chi connectivity index (χ0) is 27.3. The minimum Gasteiger partial charge on any atom is -0.357 e. The lowest BCUT2D eigenvalue weighted by atomic mass is 9.78. The maximum absolute atomic E-state index is 13.6. The smallest absolute Gasteiger partial charge is 0.357 e. The minimum absolute atomic E-state index is 0.193. The second-order valence-corrected chi connectivity index (χ2v) is 11.3. The minimum atomic E-state index is -5.00. The fraction of sp³-hybridized carbons (Fsp3) is 0.318. The van der Waals surface area contributed by atoms with Crippen LogP contribution in [0.3, 0.4) is 0 Å². The lowest BCUT2D eigenvalue weighted by Gasteiger charge is -2.33. The van der Waals surface area contributed by atoms with Gasteiger partial charge in [-0.3, -0.25) is 9.52 Å². The van der Waals surface area contributed by atoms with Crippen LogP contribution in [0.4, 0.5) is 37.7 Å². The molecule has 2 aromatic carbocycles. The fourth-order valence-electron chi connectivity index (χ4n) is 3.78. The molecule has 14 heteroatoms. The van der Waals surface area contributed by atoms with E-state index in [1.165, 1.54) is 0 Å². The van der Waals surface area contributed by atoms with Gasteiger partial charge in [0.25, 0.3) is 10.0 Å². The average Bonchev–Trinajstić information content (AvgIpc) is 2.67. The standard InChI is InChI=1S/C22H18Cl2F6N2O3S/c1-20(2)9-17(31-15-5-3-11(23)7-13(15)21(25,26)27)19(18(33)10-20)36(34,35)32-16-6-4-12(24)8-14(16)22(28,29)30/h3-8,31-32H,9-10H2,1-2H3. The molecule has 5 nitrogen and oxygen atoms in total. The van der Waals surface area contributed by atoms with E-state index < -0.39 is 66.7 Å². The molecule has 196 valence electrons. The quantitative estimate of drug-likeness (QED) is 0.363. The van der Waals surface area contributed by atoms with E-state index in [9.17, 15) is 39.6 Å². The predicted molar refractivity (Wildman–Crippen MR) is 124 cm³/mol. The van der Waals surface area contributed by atoms with Gasteiger partial charge in [-0.25, -0.2) is 8.42 Å². The van der Waals surface area contributed by atoms with Crippen molar-refractivity contribution in [2.45, 2.75) is 39.0 Å². The number of rotatable bonds is 5. The van der Waals surface area contributed by atoms with E-state index in [2.05, 4.69) is 5.32 Å². The van der Waals surface area contributed by atoms with E-state index in [4.69, 9.17) is 23.2 Å². The average molecular weight is 575 g/mol. The summed E-state index contributed by atoms with van der Waals surface area (Å²) in [7, 11) is -4.99. The molecule has 0 aromatic heterocycles. The zero-order valence-electron chi connectivity index (χ0n) is 18.5. The Hall–Kier alpha value is -2.44. The number of sulfonamides is 1. The summed E-state index contributed by atoms with van der Waals surface area (Å²) in [5, 5.41) is 1.83. The van der Waals surface area contributed by atoms with Crippen LogP contribution >= 0.6 is 23.2 Å². The van der Waals surface area contributed by atoms with Crippen LogP contribution in [0.15, 0.2) is 47.0 Å². The Kier molecular flexibility index (Phi) is 7.39. The van der Waals surface area contributed by atoms with Crippen molar-refractivity contribution in [3.63, 3.8) is 0 Å². The fourth-order valence-corrected chi connectivity index (χ4v) is 5.51. The number of allylic oxidation sites excluding steroid dienone is 2. The molecule has 0 heterocycles. The third-order valence-electron chi connectivity index (χ3n) is 5.19. The van der Waals surface area contributed by atoms with Crippen molar-refractivity contribution in [2.24, 2.45) is 5.41 Å². The number of carbonyl (C=O) groups is 1. The molecule has 0 saturated carbocycles. The third kappa shape index (κ3) is 6.27. The molecule has 0 amide bonds. The number of benzene rings is 2. The lowest BCUT2D eigenvalue weighted by molar-refractivity contribution is -0.137. The largest absolute Gasteiger partial charge is 0.418 e. The predicted octanol–water partition coefficient (Wildman–Crippen LogP) is 7.49. The number of hydrogen-bond acceptors (Lipinski definition) is 4. The molecule has 0 spiro atoms. The molecular formula is C22H18Cl2F6N2O3S. The summed E-state index contributed by atoms with van der Waals surface area (Å²) in [5.74, 6) is -0.980. The number of halogens is 8. The Balaban J connectivity index is 2.17. The van der Waals surface area contributed by atoms with Gasteiger partial charge in [-0.2, -0.15) is 26.3 Å². The van der Waals surface area contributed by atoms with Crippen molar-refractivity contribution in [3.8, 4) is 0 Å². The lowest BCUT2D eigenvalue weighted by Crippen LogP contribution is -2.34. The van der Waals surface area contributed by atoms with E-state index in [0.29, 0.717) is 12.1 Å². The van der Waals surface area contributed by atoms with Gasteiger partial charge in [0.05, 0.1) is 22.5 Å². The van der Waals surface area contributed by atoms with Gasteiger partial charge in [-0.1, -0.05) is 37.0 Å². The molecule has 2 aromatic rings. The molecule has 1 aliphatic carbocycles. The van der Waals surface area contributed by atoms with Gasteiger partial charge in [0.2, 0.25) is 0 Å². The number of alkyl halides is 6. The third-order valence-corrected chi connectivity index (χ3v) is 7.16. The van der Waals surface area contributed by atoms with E-state index in [-0.39, 0.29) is 22.9 Å². The van der Waals surface area contributed by atoms with Gasteiger partial charge in [0.1, 0.15) is 4.91 Å². The molecule has 3 rings (SSSR count). The van der Waals surface area contributed by atoms with Crippen molar-refractivity contribution in [3.05, 3.63) is 68.2 Å². The van der Waals surface area contributed by atoms with Crippen molar-refractivity contribution >= 4 is 50.4 Å². The van der Waals surface area contributed by atoms with Gasteiger partial charge in [0, 0.05) is 22.2 Å². The van der Waals surface area contributed by atoms with Gasteiger partial charge in [-0.15, -0.1) is 0 Å². The number of Topliss-reactive ketones (excluding diaryl/α,β-unsaturated/α-hetero) is 1. The number of carbonyl (C=O) groups excluding carboxylic acids is 1. The van der Waals surface area contributed by atoms with Crippen molar-refractivity contribution in [2.75, 3.05) is 10.0 Å². The van der Waals surface area contributed by atoms with Crippen LogP contribution in [-0.4, -0.2) is 14.2 Å². The van der Waals surface area contributed by atoms with Crippen LogP contribution in [0.25, 0.3) is 0 Å². The Morgan fingerprint density at radius 2 is 1.31 bits per heavy atom. The number of anilines is 2. The molecule has 36 heavy (non-hydrogen) atoms. The Morgan fingerprint density at radius 1 is 0.833 bits per heavy atom. The topological polar surface area (TPSA) is 75.3 Å². The monoisotopic (exact) mass is 574 g/mol. The molecule has 0 atom stereocenters. The van der Waals surface area contributed by atoms with Crippen molar-refractivity contribution < 1.29 is 39.6 Å². The SMILES string of the molecule is CC1(C)CC(=O)C(S(=O)(=O)Nc2ccc(Cl)cc2C(F)(F)F)=C(Nc2ccc(Cl)cc2C(F)(F)F)C1. The summed E-state index contributed by atoms with van der Waals surface area (Å²) in [6.45, 7) is 3.19. The Labute approximate surface area is 212 Å². The zero-order valence-corrected chi connectivity index (χ0v) is 20.9.